The molecule has 0 saturated heterocycles. The Kier molecular flexibility index (Phi) is 3.62. The average Bonchev–Trinajstić information content (AvgIpc) is 2.35. The molecule has 0 saturated carbocycles. The standard InChI is InChI=1S/C13H10BrFN2O/c14-9-2-4-10(5-3-9)17-13(18)8-1-6-12(16)11(15)7-8/h1-7H,16H2,(H,17,18). The fraction of sp³-hybridized carbons (Fsp3) is 0. The number of nitrogen functional groups attached to an aromatic ring is 1. The highest BCUT2D eigenvalue weighted by molar-refractivity contribution is 9.10. The van der Waals surface area contributed by atoms with Gasteiger partial charge in [0.15, 0.2) is 0 Å². The summed E-state index contributed by atoms with van der Waals surface area (Å²) < 4.78 is 14.1. The van der Waals surface area contributed by atoms with Crippen molar-refractivity contribution in [3.05, 3.63) is 58.3 Å². The van der Waals surface area contributed by atoms with Crippen molar-refractivity contribution in [3.8, 4) is 0 Å². The molecular formula is C13H10BrFN2O. The minimum absolute atomic E-state index is 0.0233. The molecule has 0 spiro atoms. The Morgan fingerprint density at radius 3 is 2.44 bits per heavy atom. The molecule has 2 rings (SSSR count). The van der Waals surface area contributed by atoms with Gasteiger partial charge in [0.2, 0.25) is 0 Å². The third-order valence-corrected chi connectivity index (χ3v) is 2.89. The van der Waals surface area contributed by atoms with E-state index in [1.807, 2.05) is 0 Å². The summed E-state index contributed by atoms with van der Waals surface area (Å²) in [7, 11) is 0. The van der Waals surface area contributed by atoms with E-state index in [1.54, 1.807) is 24.3 Å². The molecule has 3 N–H and O–H groups in total. The maximum absolute atomic E-state index is 13.2. The zero-order chi connectivity index (χ0) is 13.1. The van der Waals surface area contributed by atoms with Gasteiger partial charge < -0.3 is 11.1 Å². The molecule has 0 fully saturated rings. The van der Waals surface area contributed by atoms with Crippen LogP contribution in [0, 0.1) is 5.82 Å². The van der Waals surface area contributed by atoms with Gasteiger partial charge in [-0.2, -0.15) is 0 Å². The number of halogens is 2. The van der Waals surface area contributed by atoms with E-state index in [0.717, 1.165) is 10.5 Å². The van der Waals surface area contributed by atoms with Gasteiger partial charge in [-0.3, -0.25) is 4.79 Å². The topological polar surface area (TPSA) is 55.1 Å². The van der Waals surface area contributed by atoms with Crippen LogP contribution in [0.3, 0.4) is 0 Å². The van der Waals surface area contributed by atoms with Crippen LogP contribution in [0.25, 0.3) is 0 Å². The minimum atomic E-state index is -0.599. The van der Waals surface area contributed by atoms with Crippen LogP contribution >= 0.6 is 15.9 Å². The van der Waals surface area contributed by atoms with Crippen LogP contribution in [0.1, 0.15) is 10.4 Å². The number of carbonyl (C=O) groups excluding carboxylic acids is 1. The molecule has 0 aliphatic carbocycles. The quantitative estimate of drug-likeness (QED) is 0.835. The Hall–Kier alpha value is -1.88. The van der Waals surface area contributed by atoms with Gasteiger partial charge in [-0.15, -0.1) is 0 Å². The summed E-state index contributed by atoms with van der Waals surface area (Å²) in [5.41, 5.74) is 6.24. The SMILES string of the molecule is Nc1ccc(C(=O)Nc2ccc(Br)cc2)cc1F. The van der Waals surface area contributed by atoms with E-state index in [1.165, 1.54) is 12.1 Å². The number of hydrogen-bond donors (Lipinski definition) is 2. The highest BCUT2D eigenvalue weighted by Crippen LogP contribution is 2.16. The summed E-state index contributed by atoms with van der Waals surface area (Å²) in [5.74, 6) is -0.977. The van der Waals surface area contributed by atoms with Crippen LogP contribution in [0.2, 0.25) is 0 Å². The number of amides is 1. The fourth-order valence-corrected chi connectivity index (χ4v) is 1.67. The van der Waals surface area contributed by atoms with E-state index in [2.05, 4.69) is 21.2 Å². The van der Waals surface area contributed by atoms with Gasteiger partial charge in [0.1, 0.15) is 5.82 Å². The van der Waals surface area contributed by atoms with E-state index < -0.39 is 5.82 Å². The van der Waals surface area contributed by atoms with Gasteiger partial charge in [-0.25, -0.2) is 4.39 Å². The lowest BCUT2D eigenvalue weighted by molar-refractivity contribution is 0.102. The lowest BCUT2D eigenvalue weighted by Gasteiger charge is -2.06. The molecule has 1 amide bonds. The summed E-state index contributed by atoms with van der Waals surface area (Å²) in [4.78, 5) is 11.8. The second-order valence-electron chi connectivity index (χ2n) is 3.70. The van der Waals surface area contributed by atoms with Crippen molar-refractivity contribution in [2.75, 3.05) is 11.1 Å². The number of hydrogen-bond acceptors (Lipinski definition) is 2. The maximum atomic E-state index is 13.2. The third kappa shape index (κ3) is 2.87. The van der Waals surface area contributed by atoms with Crippen LogP contribution in [0.15, 0.2) is 46.9 Å². The van der Waals surface area contributed by atoms with Gasteiger partial charge in [-0.1, -0.05) is 15.9 Å². The summed E-state index contributed by atoms with van der Waals surface area (Å²) in [6.07, 6.45) is 0. The Bertz CT molecular complexity index is 584. The fourth-order valence-electron chi connectivity index (χ4n) is 1.40. The predicted octanol–water partition coefficient (Wildman–Crippen LogP) is 3.42. The maximum Gasteiger partial charge on any atom is 0.255 e. The van der Waals surface area contributed by atoms with E-state index in [-0.39, 0.29) is 17.2 Å². The zero-order valence-corrected chi connectivity index (χ0v) is 10.9. The first-order chi connectivity index (χ1) is 8.56. The molecule has 0 bridgehead atoms. The molecule has 3 nitrogen and oxygen atoms in total. The molecule has 0 radical (unpaired) electrons. The molecule has 0 unspecified atom stereocenters. The Morgan fingerprint density at radius 2 is 1.83 bits per heavy atom. The first-order valence-electron chi connectivity index (χ1n) is 5.18. The highest BCUT2D eigenvalue weighted by atomic mass is 79.9. The molecule has 0 aliphatic heterocycles. The average molecular weight is 309 g/mol. The molecule has 92 valence electrons. The molecule has 0 atom stereocenters. The van der Waals surface area contributed by atoms with Gasteiger partial charge >= 0.3 is 0 Å². The predicted molar refractivity (Wildman–Crippen MR) is 72.9 cm³/mol. The number of nitrogens with one attached hydrogen (secondary N) is 1. The van der Waals surface area contributed by atoms with Crippen molar-refractivity contribution in [2.24, 2.45) is 0 Å². The lowest BCUT2D eigenvalue weighted by atomic mass is 10.2. The second-order valence-corrected chi connectivity index (χ2v) is 4.61. The normalized spacial score (nSPS) is 10.1. The highest BCUT2D eigenvalue weighted by Gasteiger charge is 2.08. The molecule has 5 heteroatoms. The number of benzene rings is 2. The zero-order valence-electron chi connectivity index (χ0n) is 9.28. The van der Waals surface area contributed by atoms with Crippen molar-refractivity contribution in [1.82, 2.24) is 0 Å². The van der Waals surface area contributed by atoms with Gasteiger partial charge in [0.25, 0.3) is 5.91 Å². The number of rotatable bonds is 2. The van der Waals surface area contributed by atoms with Gasteiger partial charge in [0, 0.05) is 15.7 Å². The Labute approximate surface area is 112 Å². The van der Waals surface area contributed by atoms with E-state index >= 15 is 0 Å². The van der Waals surface area contributed by atoms with Crippen molar-refractivity contribution in [3.63, 3.8) is 0 Å². The van der Waals surface area contributed by atoms with Crippen molar-refractivity contribution in [2.45, 2.75) is 0 Å². The first-order valence-corrected chi connectivity index (χ1v) is 5.97. The van der Waals surface area contributed by atoms with Gasteiger partial charge in [0.05, 0.1) is 5.69 Å². The molecule has 0 aromatic heterocycles. The smallest absolute Gasteiger partial charge is 0.255 e. The second kappa shape index (κ2) is 5.18. The van der Waals surface area contributed by atoms with Gasteiger partial charge in [-0.05, 0) is 42.5 Å². The van der Waals surface area contributed by atoms with Crippen molar-refractivity contribution < 1.29 is 9.18 Å². The molecule has 18 heavy (non-hydrogen) atoms. The summed E-state index contributed by atoms with van der Waals surface area (Å²) in [6, 6.07) is 11.1. The van der Waals surface area contributed by atoms with Crippen molar-refractivity contribution in [1.29, 1.82) is 0 Å². The summed E-state index contributed by atoms with van der Waals surface area (Å²) in [6.45, 7) is 0. The first kappa shape index (κ1) is 12.6. The Morgan fingerprint density at radius 1 is 1.17 bits per heavy atom. The van der Waals surface area contributed by atoms with E-state index in [4.69, 9.17) is 5.73 Å². The largest absolute Gasteiger partial charge is 0.396 e. The van der Waals surface area contributed by atoms with Crippen LogP contribution < -0.4 is 11.1 Å². The molecule has 2 aromatic carbocycles. The summed E-state index contributed by atoms with van der Waals surface area (Å²) in [5, 5.41) is 2.66. The Balaban J connectivity index is 2.16. The van der Waals surface area contributed by atoms with Crippen molar-refractivity contribution >= 4 is 33.2 Å². The molecule has 2 aromatic rings. The van der Waals surface area contributed by atoms with E-state index in [9.17, 15) is 9.18 Å². The van der Waals surface area contributed by atoms with Crippen LogP contribution in [0.4, 0.5) is 15.8 Å². The third-order valence-electron chi connectivity index (χ3n) is 2.36. The van der Waals surface area contributed by atoms with Crippen LogP contribution in [-0.2, 0) is 0 Å². The lowest BCUT2D eigenvalue weighted by Crippen LogP contribution is -2.12. The van der Waals surface area contributed by atoms with E-state index in [0.29, 0.717) is 5.69 Å². The van der Waals surface area contributed by atoms with Crippen LogP contribution in [0.5, 0.6) is 0 Å². The molecule has 0 aliphatic rings. The minimum Gasteiger partial charge on any atom is -0.396 e. The van der Waals surface area contributed by atoms with Crippen LogP contribution in [-0.4, -0.2) is 5.91 Å². The molecular weight excluding hydrogens is 299 g/mol. The number of nitrogens with two attached hydrogens (primary N) is 1. The number of anilines is 2. The summed E-state index contributed by atoms with van der Waals surface area (Å²) >= 11 is 3.30. The molecule has 0 heterocycles. The monoisotopic (exact) mass is 308 g/mol. The number of carbonyl (C=O) groups is 1.